The van der Waals surface area contributed by atoms with Crippen molar-refractivity contribution in [3.8, 4) is 0 Å². The van der Waals surface area contributed by atoms with Crippen molar-refractivity contribution in [1.82, 2.24) is 5.32 Å². The van der Waals surface area contributed by atoms with E-state index in [4.69, 9.17) is 4.74 Å². The highest BCUT2D eigenvalue weighted by atomic mass is 16.5. The van der Waals surface area contributed by atoms with Crippen molar-refractivity contribution in [1.29, 1.82) is 0 Å². The number of hydrogen-bond acceptors (Lipinski definition) is 2. The van der Waals surface area contributed by atoms with Gasteiger partial charge in [-0.3, -0.25) is 4.79 Å². The zero-order valence-electron chi connectivity index (χ0n) is 11.0. The van der Waals surface area contributed by atoms with Crippen molar-refractivity contribution in [2.45, 2.75) is 39.3 Å². The second-order valence-corrected chi connectivity index (χ2v) is 4.82. The second kappa shape index (κ2) is 5.82. The third-order valence-corrected chi connectivity index (χ3v) is 2.84. The van der Waals surface area contributed by atoms with E-state index in [9.17, 15) is 4.79 Å². The molecule has 0 aromatic heterocycles. The van der Waals surface area contributed by atoms with Gasteiger partial charge in [-0.2, -0.15) is 0 Å². The molecular formula is C14H21NO2. The Kier molecular flexibility index (Phi) is 4.70. The van der Waals surface area contributed by atoms with E-state index in [0.29, 0.717) is 12.2 Å². The van der Waals surface area contributed by atoms with Crippen LogP contribution in [0.25, 0.3) is 0 Å². The molecule has 0 heterocycles. The lowest BCUT2D eigenvalue weighted by Crippen LogP contribution is -2.42. The first-order valence-corrected chi connectivity index (χ1v) is 5.89. The van der Waals surface area contributed by atoms with Gasteiger partial charge < -0.3 is 10.1 Å². The normalized spacial score (nSPS) is 11.3. The minimum atomic E-state index is -0.172. The first kappa shape index (κ1) is 13.7. The van der Waals surface area contributed by atoms with Crippen molar-refractivity contribution in [3.05, 3.63) is 35.4 Å². The van der Waals surface area contributed by atoms with Crippen LogP contribution in [0.4, 0.5) is 0 Å². The van der Waals surface area contributed by atoms with E-state index in [2.05, 4.69) is 12.2 Å². The Bertz CT molecular complexity index is 386. The molecule has 0 bridgehead atoms. The van der Waals surface area contributed by atoms with Gasteiger partial charge in [-0.1, -0.05) is 19.1 Å². The maximum atomic E-state index is 12.0. The summed E-state index contributed by atoms with van der Waals surface area (Å²) >= 11 is 0. The zero-order valence-corrected chi connectivity index (χ0v) is 11.0. The van der Waals surface area contributed by atoms with E-state index >= 15 is 0 Å². The van der Waals surface area contributed by atoms with Crippen molar-refractivity contribution in [3.63, 3.8) is 0 Å². The Morgan fingerprint density at radius 3 is 2.71 bits per heavy atom. The Morgan fingerprint density at radius 2 is 2.12 bits per heavy atom. The number of methoxy groups -OCH3 is 1. The molecule has 0 saturated heterocycles. The van der Waals surface area contributed by atoms with Gasteiger partial charge in [-0.25, -0.2) is 0 Å². The van der Waals surface area contributed by atoms with Crippen molar-refractivity contribution in [2.75, 3.05) is 7.11 Å². The topological polar surface area (TPSA) is 38.3 Å². The molecule has 1 amide bonds. The van der Waals surface area contributed by atoms with Gasteiger partial charge in [0.25, 0.3) is 5.91 Å². The molecule has 0 aliphatic heterocycles. The summed E-state index contributed by atoms with van der Waals surface area (Å²) in [6, 6.07) is 7.51. The van der Waals surface area contributed by atoms with Crippen molar-refractivity contribution >= 4 is 5.91 Å². The van der Waals surface area contributed by atoms with E-state index in [1.54, 1.807) is 7.11 Å². The molecule has 3 heteroatoms. The van der Waals surface area contributed by atoms with Gasteiger partial charge in [0.1, 0.15) is 0 Å². The van der Waals surface area contributed by atoms with E-state index in [1.165, 1.54) is 0 Å². The van der Waals surface area contributed by atoms with Crippen LogP contribution in [0.1, 0.15) is 43.1 Å². The van der Waals surface area contributed by atoms with Crippen LogP contribution in [-0.2, 0) is 11.3 Å². The predicted octanol–water partition coefficient (Wildman–Crippen LogP) is 2.75. The minimum absolute atomic E-state index is 0.0326. The number of ether oxygens (including phenoxy) is 1. The molecular weight excluding hydrogens is 214 g/mol. The summed E-state index contributed by atoms with van der Waals surface area (Å²) in [5.74, 6) is -0.0326. The number of rotatable bonds is 5. The van der Waals surface area contributed by atoms with Gasteiger partial charge in [-0.05, 0) is 38.0 Å². The van der Waals surface area contributed by atoms with E-state index in [1.807, 2.05) is 38.1 Å². The number of carbonyl (C=O) groups excluding carboxylic acids is 1. The predicted molar refractivity (Wildman–Crippen MR) is 69.0 cm³/mol. The van der Waals surface area contributed by atoms with Crippen LogP contribution in [0.5, 0.6) is 0 Å². The van der Waals surface area contributed by atoms with Crippen LogP contribution < -0.4 is 5.32 Å². The molecule has 3 nitrogen and oxygen atoms in total. The highest BCUT2D eigenvalue weighted by molar-refractivity contribution is 5.94. The number of benzene rings is 1. The fourth-order valence-electron chi connectivity index (χ4n) is 1.44. The minimum Gasteiger partial charge on any atom is -0.380 e. The molecule has 17 heavy (non-hydrogen) atoms. The molecule has 0 unspecified atom stereocenters. The number of amides is 1. The molecule has 0 spiro atoms. The van der Waals surface area contributed by atoms with Gasteiger partial charge >= 0.3 is 0 Å². The number of nitrogens with one attached hydrogen (secondary N) is 1. The van der Waals surface area contributed by atoms with Crippen LogP contribution in [0.15, 0.2) is 24.3 Å². The summed E-state index contributed by atoms with van der Waals surface area (Å²) in [5.41, 5.74) is 1.52. The lowest BCUT2D eigenvalue weighted by Gasteiger charge is -2.24. The molecule has 0 saturated carbocycles. The fraction of sp³-hybridized carbons (Fsp3) is 0.500. The van der Waals surface area contributed by atoms with Crippen molar-refractivity contribution < 1.29 is 9.53 Å². The first-order chi connectivity index (χ1) is 7.98. The maximum absolute atomic E-state index is 12.0. The Labute approximate surface area is 103 Å². The quantitative estimate of drug-likeness (QED) is 0.852. The first-order valence-electron chi connectivity index (χ1n) is 5.89. The second-order valence-electron chi connectivity index (χ2n) is 4.82. The van der Waals surface area contributed by atoms with Crippen LogP contribution in [0.3, 0.4) is 0 Å². The highest BCUT2D eigenvalue weighted by Gasteiger charge is 2.18. The fourth-order valence-corrected chi connectivity index (χ4v) is 1.44. The zero-order chi connectivity index (χ0) is 12.9. The molecule has 94 valence electrons. The third kappa shape index (κ3) is 4.19. The standard InChI is InChI=1S/C14H21NO2/c1-5-14(2,3)15-13(16)12-8-6-7-11(9-12)10-17-4/h6-9H,5,10H2,1-4H3,(H,15,16). The lowest BCUT2D eigenvalue weighted by atomic mass is 10.0. The molecule has 0 atom stereocenters. The van der Waals surface area contributed by atoms with Crippen LogP contribution >= 0.6 is 0 Å². The molecule has 0 radical (unpaired) electrons. The summed E-state index contributed by atoms with van der Waals surface area (Å²) in [7, 11) is 1.65. The van der Waals surface area contributed by atoms with Crippen molar-refractivity contribution in [2.24, 2.45) is 0 Å². The molecule has 0 aliphatic carbocycles. The van der Waals surface area contributed by atoms with Gasteiger partial charge in [0.15, 0.2) is 0 Å². The van der Waals surface area contributed by atoms with Gasteiger partial charge in [0, 0.05) is 18.2 Å². The van der Waals surface area contributed by atoms with Gasteiger partial charge in [-0.15, -0.1) is 0 Å². The van der Waals surface area contributed by atoms with Crippen LogP contribution in [0, 0.1) is 0 Å². The largest absolute Gasteiger partial charge is 0.380 e. The highest BCUT2D eigenvalue weighted by Crippen LogP contribution is 2.11. The Hall–Kier alpha value is -1.35. The maximum Gasteiger partial charge on any atom is 0.251 e. The van der Waals surface area contributed by atoms with Gasteiger partial charge in [0.05, 0.1) is 6.61 Å². The number of carbonyl (C=O) groups is 1. The number of hydrogen-bond donors (Lipinski definition) is 1. The SMILES string of the molecule is CCC(C)(C)NC(=O)c1cccc(COC)c1. The Balaban J connectivity index is 2.78. The average Bonchev–Trinajstić information content (AvgIpc) is 2.29. The third-order valence-electron chi connectivity index (χ3n) is 2.84. The molecule has 1 N–H and O–H groups in total. The van der Waals surface area contributed by atoms with E-state index < -0.39 is 0 Å². The summed E-state index contributed by atoms with van der Waals surface area (Å²) in [6.07, 6.45) is 0.899. The molecule has 0 aliphatic rings. The average molecular weight is 235 g/mol. The molecule has 1 aromatic carbocycles. The summed E-state index contributed by atoms with van der Waals surface area (Å²) in [4.78, 5) is 12.0. The van der Waals surface area contributed by atoms with Crippen LogP contribution in [-0.4, -0.2) is 18.6 Å². The molecule has 1 rings (SSSR count). The lowest BCUT2D eigenvalue weighted by molar-refractivity contribution is 0.0911. The smallest absolute Gasteiger partial charge is 0.251 e. The summed E-state index contributed by atoms with van der Waals surface area (Å²) < 4.78 is 5.05. The summed E-state index contributed by atoms with van der Waals surface area (Å²) in [6.45, 7) is 6.62. The monoisotopic (exact) mass is 235 g/mol. The Morgan fingerprint density at radius 1 is 1.41 bits per heavy atom. The van der Waals surface area contributed by atoms with E-state index in [-0.39, 0.29) is 11.4 Å². The van der Waals surface area contributed by atoms with E-state index in [0.717, 1.165) is 12.0 Å². The molecule has 1 aromatic rings. The molecule has 0 fully saturated rings. The van der Waals surface area contributed by atoms with Gasteiger partial charge in [0.2, 0.25) is 0 Å². The summed E-state index contributed by atoms with van der Waals surface area (Å²) in [5, 5.41) is 3.01. The van der Waals surface area contributed by atoms with Crippen LogP contribution in [0.2, 0.25) is 0 Å².